The van der Waals surface area contributed by atoms with E-state index in [0.717, 1.165) is 24.4 Å². The quantitative estimate of drug-likeness (QED) is 0.836. The zero-order valence-electron chi connectivity index (χ0n) is 9.67. The second kappa shape index (κ2) is 4.49. The van der Waals surface area contributed by atoms with Crippen molar-refractivity contribution in [2.75, 3.05) is 0 Å². The second-order valence-electron chi connectivity index (χ2n) is 3.84. The number of hydrogen-bond acceptors (Lipinski definition) is 3. The van der Waals surface area contributed by atoms with Crippen LogP contribution in [0.1, 0.15) is 30.8 Å². The zero-order valence-corrected chi connectivity index (χ0v) is 9.67. The normalized spacial score (nSPS) is 12.9. The van der Waals surface area contributed by atoms with E-state index >= 15 is 0 Å². The van der Waals surface area contributed by atoms with Gasteiger partial charge in [0.05, 0.1) is 17.4 Å². The molecule has 0 saturated heterocycles. The van der Waals surface area contributed by atoms with Crippen LogP contribution in [0.5, 0.6) is 0 Å². The van der Waals surface area contributed by atoms with Crippen molar-refractivity contribution in [3.63, 3.8) is 0 Å². The van der Waals surface area contributed by atoms with Gasteiger partial charge in [-0.05, 0) is 18.6 Å². The lowest BCUT2D eigenvalue weighted by Crippen LogP contribution is -2.20. The average Bonchev–Trinajstić information content (AvgIpc) is 2.87. The van der Waals surface area contributed by atoms with Crippen molar-refractivity contribution >= 4 is 0 Å². The summed E-state index contributed by atoms with van der Waals surface area (Å²) in [6.07, 6.45) is 4.60. The molecular weight excluding hydrogens is 202 g/mol. The minimum atomic E-state index is -0.165. The first-order valence-corrected chi connectivity index (χ1v) is 5.49. The van der Waals surface area contributed by atoms with Gasteiger partial charge in [-0.1, -0.05) is 6.92 Å². The molecule has 16 heavy (non-hydrogen) atoms. The molecule has 0 spiro atoms. The zero-order chi connectivity index (χ0) is 11.5. The highest BCUT2D eigenvalue weighted by Crippen LogP contribution is 2.18. The van der Waals surface area contributed by atoms with Gasteiger partial charge in [0.1, 0.15) is 0 Å². The van der Waals surface area contributed by atoms with Crippen molar-refractivity contribution < 1.29 is 0 Å². The summed E-state index contributed by atoms with van der Waals surface area (Å²) in [5.41, 5.74) is 8.25. The molecule has 2 aromatic heterocycles. The summed E-state index contributed by atoms with van der Waals surface area (Å²) in [4.78, 5) is 0. The van der Waals surface area contributed by atoms with E-state index in [1.54, 1.807) is 17.1 Å². The fraction of sp³-hybridized carbons (Fsp3) is 0.455. The summed E-state index contributed by atoms with van der Waals surface area (Å²) in [5.74, 6) is 0. The molecule has 0 aliphatic rings. The van der Waals surface area contributed by atoms with Gasteiger partial charge < -0.3 is 5.73 Å². The van der Waals surface area contributed by atoms with Crippen molar-refractivity contribution in [2.45, 2.75) is 25.9 Å². The molecule has 0 aliphatic heterocycles. The standard InChI is InChI=1S/C11H17N5/c1-3-8-16-10(5-7-14-16)11(12)9-4-6-13-15(9)2/h4-7,11H,3,8,12H2,1-2H3. The molecule has 86 valence electrons. The highest BCUT2D eigenvalue weighted by atomic mass is 15.3. The summed E-state index contributed by atoms with van der Waals surface area (Å²) < 4.78 is 3.76. The summed E-state index contributed by atoms with van der Waals surface area (Å²) in [6, 6.07) is 3.74. The number of rotatable bonds is 4. The predicted octanol–water partition coefficient (Wildman–Crippen LogP) is 1.07. The molecule has 0 aromatic carbocycles. The van der Waals surface area contributed by atoms with Gasteiger partial charge in [0.25, 0.3) is 0 Å². The Morgan fingerprint density at radius 2 is 1.94 bits per heavy atom. The van der Waals surface area contributed by atoms with E-state index in [1.165, 1.54) is 0 Å². The van der Waals surface area contributed by atoms with Crippen molar-refractivity contribution in [3.05, 3.63) is 35.9 Å². The predicted molar refractivity (Wildman–Crippen MR) is 61.8 cm³/mol. The van der Waals surface area contributed by atoms with E-state index < -0.39 is 0 Å². The van der Waals surface area contributed by atoms with E-state index in [9.17, 15) is 0 Å². The third-order valence-corrected chi connectivity index (χ3v) is 2.68. The molecule has 2 heterocycles. The lowest BCUT2D eigenvalue weighted by atomic mass is 10.1. The maximum absolute atomic E-state index is 6.22. The first-order chi connectivity index (χ1) is 7.74. The minimum absolute atomic E-state index is 0.165. The molecule has 2 rings (SSSR count). The number of aryl methyl sites for hydroxylation is 2. The first-order valence-electron chi connectivity index (χ1n) is 5.49. The van der Waals surface area contributed by atoms with Crippen LogP contribution in [0, 0.1) is 0 Å². The largest absolute Gasteiger partial charge is 0.318 e. The summed E-state index contributed by atoms with van der Waals surface area (Å²) in [5, 5.41) is 8.40. The summed E-state index contributed by atoms with van der Waals surface area (Å²) >= 11 is 0. The summed E-state index contributed by atoms with van der Waals surface area (Å²) in [6.45, 7) is 3.02. The van der Waals surface area contributed by atoms with E-state index in [1.807, 2.05) is 23.9 Å². The first kappa shape index (κ1) is 10.9. The monoisotopic (exact) mass is 219 g/mol. The molecule has 1 unspecified atom stereocenters. The number of aromatic nitrogens is 4. The van der Waals surface area contributed by atoms with Gasteiger partial charge in [0.15, 0.2) is 0 Å². The Balaban J connectivity index is 2.30. The molecule has 2 aromatic rings. The highest BCUT2D eigenvalue weighted by Gasteiger charge is 2.16. The molecule has 0 amide bonds. The van der Waals surface area contributed by atoms with Crippen LogP contribution in [0.25, 0.3) is 0 Å². The maximum atomic E-state index is 6.22. The SMILES string of the molecule is CCCn1nccc1C(N)c1ccnn1C. The van der Waals surface area contributed by atoms with Crippen LogP contribution in [0.2, 0.25) is 0 Å². The highest BCUT2D eigenvalue weighted by molar-refractivity contribution is 5.20. The van der Waals surface area contributed by atoms with Crippen LogP contribution in [-0.4, -0.2) is 19.6 Å². The van der Waals surface area contributed by atoms with Crippen LogP contribution in [0.15, 0.2) is 24.5 Å². The van der Waals surface area contributed by atoms with Gasteiger partial charge in [-0.25, -0.2) is 0 Å². The Labute approximate surface area is 94.9 Å². The third-order valence-electron chi connectivity index (χ3n) is 2.68. The van der Waals surface area contributed by atoms with Gasteiger partial charge in [0, 0.05) is 26.0 Å². The molecule has 2 N–H and O–H groups in total. The van der Waals surface area contributed by atoms with Crippen LogP contribution in [-0.2, 0) is 13.6 Å². The van der Waals surface area contributed by atoms with Crippen LogP contribution < -0.4 is 5.73 Å². The van der Waals surface area contributed by atoms with Crippen LogP contribution >= 0.6 is 0 Å². The third kappa shape index (κ3) is 1.86. The van der Waals surface area contributed by atoms with Crippen molar-refractivity contribution in [1.82, 2.24) is 19.6 Å². The lowest BCUT2D eigenvalue weighted by Gasteiger charge is -2.14. The Kier molecular flexibility index (Phi) is 3.05. The van der Waals surface area contributed by atoms with Crippen LogP contribution in [0.3, 0.4) is 0 Å². The lowest BCUT2D eigenvalue weighted by molar-refractivity contribution is 0.547. The average molecular weight is 219 g/mol. The van der Waals surface area contributed by atoms with Gasteiger partial charge >= 0.3 is 0 Å². The Morgan fingerprint density at radius 1 is 1.25 bits per heavy atom. The van der Waals surface area contributed by atoms with Gasteiger partial charge in [0.2, 0.25) is 0 Å². The molecule has 5 heteroatoms. The smallest absolute Gasteiger partial charge is 0.0893 e. The Bertz CT molecular complexity index is 456. The molecule has 0 bridgehead atoms. The fourth-order valence-corrected chi connectivity index (χ4v) is 1.85. The van der Waals surface area contributed by atoms with Gasteiger partial charge in [-0.15, -0.1) is 0 Å². The molecule has 0 aliphatic carbocycles. The maximum Gasteiger partial charge on any atom is 0.0893 e. The van der Waals surface area contributed by atoms with Gasteiger partial charge in [-0.3, -0.25) is 9.36 Å². The molecule has 1 atom stereocenters. The molecule has 0 fully saturated rings. The van der Waals surface area contributed by atoms with E-state index in [0.29, 0.717) is 0 Å². The van der Waals surface area contributed by atoms with Crippen molar-refractivity contribution in [1.29, 1.82) is 0 Å². The van der Waals surface area contributed by atoms with Crippen molar-refractivity contribution in [2.24, 2.45) is 12.8 Å². The van der Waals surface area contributed by atoms with E-state index in [2.05, 4.69) is 17.1 Å². The minimum Gasteiger partial charge on any atom is -0.318 e. The number of nitrogens with two attached hydrogens (primary N) is 1. The van der Waals surface area contributed by atoms with Gasteiger partial charge in [-0.2, -0.15) is 10.2 Å². The van der Waals surface area contributed by atoms with E-state index in [-0.39, 0.29) is 6.04 Å². The van der Waals surface area contributed by atoms with Crippen molar-refractivity contribution in [3.8, 4) is 0 Å². The molecule has 5 nitrogen and oxygen atoms in total. The Hall–Kier alpha value is -1.62. The number of hydrogen-bond donors (Lipinski definition) is 1. The molecule has 0 radical (unpaired) electrons. The second-order valence-corrected chi connectivity index (χ2v) is 3.84. The summed E-state index contributed by atoms with van der Waals surface area (Å²) in [7, 11) is 1.90. The van der Waals surface area contributed by atoms with E-state index in [4.69, 9.17) is 5.73 Å². The Morgan fingerprint density at radius 3 is 2.56 bits per heavy atom. The number of nitrogens with zero attached hydrogens (tertiary/aromatic N) is 4. The van der Waals surface area contributed by atoms with Crippen LogP contribution in [0.4, 0.5) is 0 Å². The topological polar surface area (TPSA) is 61.7 Å². The molecule has 0 saturated carbocycles. The molecular formula is C11H17N5. The fourth-order valence-electron chi connectivity index (χ4n) is 1.85.